The summed E-state index contributed by atoms with van der Waals surface area (Å²) in [4.78, 5) is 0. The van der Waals surface area contributed by atoms with Crippen molar-refractivity contribution in [2.75, 3.05) is 0 Å². The minimum absolute atomic E-state index is 0. The second-order valence-corrected chi connectivity index (χ2v) is 8.76. The standard InChI is InChI=1S/C19H40O4S.Na/c1-3-5-16-19(24(21,22)23)17-13-11-9-7-6-8-10-12-15-18(20)14-4-2;/h18-20H,3-17H2,1-2H3,(H,21,22,23);/q;+1/p-1. The third-order valence-electron chi connectivity index (χ3n) is 4.72. The molecule has 146 valence electrons. The Morgan fingerprint density at radius 2 is 1.16 bits per heavy atom. The molecule has 1 N–H and O–H groups in total. The van der Waals surface area contributed by atoms with Crippen molar-refractivity contribution in [3.05, 3.63) is 0 Å². The van der Waals surface area contributed by atoms with E-state index in [0.717, 1.165) is 57.8 Å². The summed E-state index contributed by atoms with van der Waals surface area (Å²) in [6, 6.07) is 0. The van der Waals surface area contributed by atoms with E-state index in [9.17, 15) is 18.1 Å². The normalized spacial score (nSPS) is 14.1. The maximum absolute atomic E-state index is 11.2. The second-order valence-electron chi connectivity index (χ2n) is 7.11. The number of aliphatic hydroxyl groups is 1. The van der Waals surface area contributed by atoms with Gasteiger partial charge in [0.25, 0.3) is 0 Å². The summed E-state index contributed by atoms with van der Waals surface area (Å²) in [7, 11) is -4.13. The zero-order valence-corrected chi connectivity index (χ0v) is 19.7. The minimum Gasteiger partial charge on any atom is -0.748 e. The molecule has 0 aliphatic carbocycles. The Balaban J connectivity index is 0. The maximum atomic E-state index is 11.2. The van der Waals surface area contributed by atoms with Crippen molar-refractivity contribution in [3.8, 4) is 0 Å². The zero-order chi connectivity index (χ0) is 18.3. The molecule has 0 amide bonds. The van der Waals surface area contributed by atoms with Crippen molar-refractivity contribution in [3.63, 3.8) is 0 Å². The third kappa shape index (κ3) is 18.0. The number of hydrogen-bond acceptors (Lipinski definition) is 4. The summed E-state index contributed by atoms with van der Waals surface area (Å²) >= 11 is 0. The summed E-state index contributed by atoms with van der Waals surface area (Å²) in [6.45, 7) is 4.11. The molecule has 0 radical (unpaired) electrons. The van der Waals surface area contributed by atoms with Gasteiger partial charge in [0.05, 0.1) is 16.2 Å². The van der Waals surface area contributed by atoms with E-state index in [1.165, 1.54) is 25.7 Å². The third-order valence-corrected chi connectivity index (χ3v) is 6.01. The molecule has 0 aromatic heterocycles. The molecule has 0 aliphatic heterocycles. The molecule has 2 unspecified atom stereocenters. The molecule has 0 saturated heterocycles. The van der Waals surface area contributed by atoms with Crippen LogP contribution in [-0.4, -0.2) is 29.4 Å². The second kappa shape index (κ2) is 18.2. The van der Waals surface area contributed by atoms with Crippen LogP contribution in [0.1, 0.15) is 110 Å². The van der Waals surface area contributed by atoms with Crippen molar-refractivity contribution in [1.29, 1.82) is 0 Å². The summed E-state index contributed by atoms with van der Waals surface area (Å²) in [5, 5.41) is 8.97. The number of hydrogen-bond donors (Lipinski definition) is 1. The van der Waals surface area contributed by atoms with Crippen molar-refractivity contribution in [2.45, 2.75) is 122 Å². The van der Waals surface area contributed by atoms with E-state index in [0.29, 0.717) is 12.8 Å². The minimum atomic E-state index is -4.13. The van der Waals surface area contributed by atoms with E-state index in [1.54, 1.807) is 0 Å². The summed E-state index contributed by atoms with van der Waals surface area (Å²) < 4.78 is 33.7. The monoisotopic (exact) mass is 386 g/mol. The molecule has 0 saturated carbocycles. The Morgan fingerprint density at radius 3 is 1.60 bits per heavy atom. The van der Waals surface area contributed by atoms with Crippen LogP contribution in [-0.2, 0) is 10.1 Å². The van der Waals surface area contributed by atoms with Crippen LogP contribution in [0.25, 0.3) is 0 Å². The fourth-order valence-electron chi connectivity index (χ4n) is 3.15. The first-order valence-electron chi connectivity index (χ1n) is 10.0. The van der Waals surface area contributed by atoms with Gasteiger partial charge in [-0.3, -0.25) is 0 Å². The molecule has 0 rings (SSSR count). The molecule has 0 spiro atoms. The first-order chi connectivity index (χ1) is 11.4. The molecular weight excluding hydrogens is 347 g/mol. The predicted octanol–water partition coefficient (Wildman–Crippen LogP) is 2.16. The summed E-state index contributed by atoms with van der Waals surface area (Å²) in [5.74, 6) is 0. The van der Waals surface area contributed by atoms with Gasteiger partial charge in [-0.1, -0.05) is 84.5 Å². The van der Waals surface area contributed by atoms with Crippen molar-refractivity contribution < 1.29 is 47.6 Å². The van der Waals surface area contributed by atoms with Gasteiger partial charge in [0.2, 0.25) is 0 Å². The maximum Gasteiger partial charge on any atom is 1.00 e. The van der Waals surface area contributed by atoms with Gasteiger partial charge in [-0.15, -0.1) is 0 Å². The molecule has 25 heavy (non-hydrogen) atoms. The van der Waals surface area contributed by atoms with Gasteiger partial charge >= 0.3 is 29.6 Å². The Kier molecular flexibility index (Phi) is 20.5. The van der Waals surface area contributed by atoms with E-state index in [4.69, 9.17) is 0 Å². The van der Waals surface area contributed by atoms with E-state index in [-0.39, 0.29) is 35.7 Å². The SMILES string of the molecule is CCCCC(CCCCCCCCCCC(O)CCC)S(=O)(=O)[O-].[Na+]. The molecule has 6 heteroatoms. The Labute approximate surface area is 178 Å². The van der Waals surface area contributed by atoms with Gasteiger partial charge in [0, 0.05) is 5.25 Å². The van der Waals surface area contributed by atoms with Crippen LogP contribution in [0.3, 0.4) is 0 Å². The summed E-state index contributed by atoms with van der Waals surface area (Å²) in [5.41, 5.74) is 0. The van der Waals surface area contributed by atoms with Crippen molar-refractivity contribution in [1.82, 2.24) is 0 Å². The molecule has 4 nitrogen and oxygen atoms in total. The first kappa shape index (κ1) is 28.1. The smallest absolute Gasteiger partial charge is 0.748 e. The molecule has 0 aromatic rings. The van der Waals surface area contributed by atoms with Crippen LogP contribution < -0.4 is 29.6 Å². The predicted molar refractivity (Wildman–Crippen MR) is 100 cm³/mol. The quantitative estimate of drug-likeness (QED) is 0.236. The molecule has 0 aliphatic rings. The van der Waals surface area contributed by atoms with Crippen LogP contribution in [0, 0.1) is 0 Å². The van der Waals surface area contributed by atoms with E-state index < -0.39 is 15.4 Å². The number of unbranched alkanes of at least 4 members (excludes halogenated alkanes) is 8. The number of rotatable bonds is 17. The zero-order valence-electron chi connectivity index (χ0n) is 16.8. The molecule has 2 atom stereocenters. The van der Waals surface area contributed by atoms with Crippen molar-refractivity contribution in [2.24, 2.45) is 0 Å². The van der Waals surface area contributed by atoms with E-state index >= 15 is 0 Å². The van der Waals surface area contributed by atoms with Crippen molar-refractivity contribution >= 4 is 10.1 Å². The average Bonchev–Trinajstić information content (AvgIpc) is 2.51. The van der Waals surface area contributed by atoms with Gasteiger partial charge in [0.1, 0.15) is 0 Å². The largest absolute Gasteiger partial charge is 1.00 e. The molecule has 0 fully saturated rings. The van der Waals surface area contributed by atoms with Crippen LogP contribution in [0.5, 0.6) is 0 Å². The fraction of sp³-hybridized carbons (Fsp3) is 1.00. The van der Waals surface area contributed by atoms with Gasteiger partial charge in [-0.25, -0.2) is 8.42 Å². The summed E-state index contributed by atoms with van der Waals surface area (Å²) in [6.07, 6.45) is 14.5. The van der Waals surface area contributed by atoms with Crippen LogP contribution in [0.4, 0.5) is 0 Å². The number of aliphatic hydroxyl groups excluding tert-OH is 1. The molecular formula is C19H39NaO4S. The van der Waals surface area contributed by atoms with Gasteiger partial charge in [-0.05, 0) is 25.7 Å². The average molecular weight is 387 g/mol. The Hall–Kier alpha value is 0.870. The Bertz CT molecular complexity index is 374. The van der Waals surface area contributed by atoms with E-state index in [2.05, 4.69) is 6.92 Å². The molecule has 0 heterocycles. The molecule has 0 aromatic carbocycles. The van der Waals surface area contributed by atoms with Crippen LogP contribution >= 0.6 is 0 Å². The Morgan fingerprint density at radius 1 is 0.720 bits per heavy atom. The molecule has 0 bridgehead atoms. The topological polar surface area (TPSA) is 77.4 Å². The van der Waals surface area contributed by atoms with Crippen LogP contribution in [0.15, 0.2) is 0 Å². The first-order valence-corrected chi connectivity index (χ1v) is 11.5. The fourth-order valence-corrected chi connectivity index (χ4v) is 4.07. The van der Waals surface area contributed by atoms with Crippen LogP contribution in [0.2, 0.25) is 0 Å². The van der Waals surface area contributed by atoms with Gasteiger partial charge in [0.15, 0.2) is 0 Å². The van der Waals surface area contributed by atoms with Gasteiger partial charge in [-0.2, -0.15) is 0 Å². The van der Waals surface area contributed by atoms with Gasteiger partial charge < -0.3 is 9.66 Å². The van der Waals surface area contributed by atoms with E-state index in [1.807, 2.05) is 6.92 Å².